The van der Waals surface area contributed by atoms with Crippen molar-refractivity contribution in [1.82, 2.24) is 14.9 Å². The highest BCUT2D eigenvalue weighted by atomic mass is 32.1. The molecule has 0 radical (unpaired) electrons. The molecule has 13 heteroatoms. The van der Waals surface area contributed by atoms with E-state index in [0.717, 1.165) is 12.8 Å². The Morgan fingerprint density at radius 3 is 2.38 bits per heavy atom. The van der Waals surface area contributed by atoms with Crippen LogP contribution in [0.3, 0.4) is 0 Å². The van der Waals surface area contributed by atoms with Crippen LogP contribution < -0.4 is 14.4 Å². The van der Waals surface area contributed by atoms with Gasteiger partial charge in [-0.05, 0) is 86.2 Å². The molecule has 2 aliphatic rings. The molecule has 2 atom stereocenters. The second kappa shape index (κ2) is 12.9. The molecule has 3 heterocycles. The second-order valence-corrected chi connectivity index (χ2v) is 13.0. The first-order valence-corrected chi connectivity index (χ1v) is 16.1. The minimum atomic E-state index is -0.959. The van der Waals surface area contributed by atoms with Crippen molar-refractivity contribution in [3.05, 3.63) is 53.3 Å². The molecule has 250 valence electrons. The Morgan fingerprint density at radius 2 is 1.74 bits per heavy atom. The molecule has 1 amide bonds. The van der Waals surface area contributed by atoms with Crippen LogP contribution >= 0.6 is 12.6 Å². The monoisotopic (exact) mass is 670 g/mol. The van der Waals surface area contributed by atoms with Crippen molar-refractivity contribution >= 4 is 46.2 Å². The van der Waals surface area contributed by atoms with E-state index in [0.29, 0.717) is 35.2 Å². The van der Waals surface area contributed by atoms with E-state index < -0.39 is 23.1 Å². The molecule has 1 aromatic heterocycles. The van der Waals surface area contributed by atoms with E-state index in [9.17, 15) is 4.79 Å². The molecule has 4 aromatic rings. The van der Waals surface area contributed by atoms with Gasteiger partial charge in [0.2, 0.25) is 0 Å². The maximum Gasteiger partial charge on any atom is 0.410 e. The zero-order valence-electron chi connectivity index (χ0n) is 26.9. The molecule has 2 unspecified atom stereocenters. The fourth-order valence-electron chi connectivity index (χ4n) is 6.70. The summed E-state index contributed by atoms with van der Waals surface area (Å²) in [5.41, 5.74) is -0.775. The van der Waals surface area contributed by atoms with Crippen LogP contribution in [0.1, 0.15) is 46.1 Å². The summed E-state index contributed by atoms with van der Waals surface area (Å²) in [6.45, 7) is 7.89. The Labute approximate surface area is 276 Å². The predicted octanol–water partition coefficient (Wildman–Crippen LogP) is 7.27. The zero-order valence-corrected chi connectivity index (χ0v) is 27.8. The lowest BCUT2D eigenvalue weighted by molar-refractivity contribution is 0.0122. The van der Waals surface area contributed by atoms with Crippen LogP contribution in [0.4, 0.5) is 23.8 Å². The summed E-state index contributed by atoms with van der Waals surface area (Å²) in [5, 5.41) is 1.05. The summed E-state index contributed by atoms with van der Waals surface area (Å²) >= 11 is 4.14. The number of ether oxygens (including phenoxy) is 4. The highest BCUT2D eigenvalue weighted by Gasteiger charge is 2.45. The summed E-state index contributed by atoms with van der Waals surface area (Å²) in [7, 11) is 1.46. The van der Waals surface area contributed by atoms with Gasteiger partial charge in [-0.2, -0.15) is 9.97 Å². The highest BCUT2D eigenvalue weighted by molar-refractivity contribution is 7.80. The van der Waals surface area contributed by atoms with Crippen LogP contribution in [-0.4, -0.2) is 71.6 Å². The molecule has 3 aromatic carbocycles. The third-order valence-electron chi connectivity index (χ3n) is 8.53. The minimum Gasteiger partial charge on any atom is -0.468 e. The van der Waals surface area contributed by atoms with Crippen LogP contribution in [0.25, 0.3) is 32.8 Å². The number of carbonyl (C=O) groups is 1. The first-order chi connectivity index (χ1) is 22.4. The summed E-state index contributed by atoms with van der Waals surface area (Å²) in [5.74, 6) is -1.83. The molecule has 0 aliphatic carbocycles. The molecular weight excluding hydrogens is 633 g/mol. The van der Waals surface area contributed by atoms with E-state index in [1.165, 1.54) is 25.3 Å². The van der Waals surface area contributed by atoms with Crippen molar-refractivity contribution in [3.8, 4) is 22.9 Å². The number of benzene rings is 3. The molecule has 2 aliphatic heterocycles. The lowest BCUT2D eigenvalue weighted by Gasteiger charge is -2.42. The van der Waals surface area contributed by atoms with Gasteiger partial charge in [-0.15, -0.1) is 12.6 Å². The number of aromatic nitrogens is 2. The number of piperazine rings is 1. The average Bonchev–Trinajstić information content (AvgIpc) is 3.29. The fourth-order valence-corrected chi connectivity index (χ4v) is 6.82. The third kappa shape index (κ3) is 6.22. The van der Waals surface area contributed by atoms with Gasteiger partial charge >= 0.3 is 12.1 Å². The summed E-state index contributed by atoms with van der Waals surface area (Å²) in [4.78, 5) is 25.6. The lowest BCUT2D eigenvalue weighted by atomic mass is 9.91. The van der Waals surface area contributed by atoms with Crippen molar-refractivity contribution in [2.24, 2.45) is 0 Å². The van der Waals surface area contributed by atoms with Gasteiger partial charge in [-0.25, -0.2) is 18.0 Å². The number of amides is 1. The Hall–Kier alpha value is -3.97. The molecule has 0 saturated carbocycles. The minimum absolute atomic E-state index is 0.0824. The topological polar surface area (TPSA) is 86.3 Å². The van der Waals surface area contributed by atoms with E-state index in [4.69, 9.17) is 18.9 Å². The van der Waals surface area contributed by atoms with E-state index >= 15 is 13.2 Å². The van der Waals surface area contributed by atoms with E-state index in [-0.39, 0.29) is 71.2 Å². The molecular formula is C34H37F3N4O5S. The molecule has 47 heavy (non-hydrogen) atoms. The zero-order chi connectivity index (χ0) is 33.6. The van der Waals surface area contributed by atoms with Gasteiger partial charge in [-0.3, -0.25) is 4.90 Å². The number of fused-ring (bicyclic) bond motifs is 4. The number of hydrogen-bond acceptors (Lipinski definition) is 9. The summed E-state index contributed by atoms with van der Waals surface area (Å²) < 4.78 is 70.3. The molecule has 9 nitrogen and oxygen atoms in total. The fraction of sp³-hybridized carbons (Fsp3) is 0.441. The normalized spacial score (nSPS) is 17.9. The Kier molecular flexibility index (Phi) is 9.05. The number of hydrogen-bond donors (Lipinski definition) is 1. The standard InChI is InChI=1S/C34H37F3N4O5S/c1-6-22-25(35)10-7-18-11-21(44-16-43-5)12-23(27(18)22)28-26(36)13-24-30(29(28)37)38-32(45-17-47)39-31(24)40-14-19-8-9-20(15-40)41(19)33(42)46-34(2,3)4/h7,10-13,19-20,47H,6,8-9,14-17H2,1-5H3. The maximum absolute atomic E-state index is 16.9. The third-order valence-corrected chi connectivity index (χ3v) is 8.66. The number of halogens is 3. The maximum atomic E-state index is 16.9. The molecule has 6 rings (SSSR count). The van der Waals surface area contributed by atoms with Crippen LogP contribution in [0.5, 0.6) is 11.8 Å². The van der Waals surface area contributed by atoms with Crippen molar-refractivity contribution in [3.63, 3.8) is 0 Å². The molecule has 2 saturated heterocycles. The SMILES string of the molecule is CCc1c(F)ccc2cc(OCOC)cc(-c3c(F)cc4c(N5CC6CCC(C5)N6C(=O)OC(C)(C)C)nc(OCS)nc4c3F)c12. The number of rotatable bonds is 8. The quantitative estimate of drug-likeness (QED) is 0.155. The van der Waals surface area contributed by atoms with Crippen LogP contribution in [-0.2, 0) is 15.9 Å². The second-order valence-electron chi connectivity index (χ2n) is 12.7. The molecule has 0 spiro atoms. The van der Waals surface area contributed by atoms with Gasteiger partial charge in [0, 0.05) is 25.6 Å². The molecule has 0 N–H and O–H groups in total. The Morgan fingerprint density at radius 1 is 1.02 bits per heavy atom. The predicted molar refractivity (Wildman–Crippen MR) is 176 cm³/mol. The van der Waals surface area contributed by atoms with Gasteiger partial charge < -0.3 is 23.8 Å². The van der Waals surface area contributed by atoms with Gasteiger partial charge in [0.05, 0.1) is 17.6 Å². The van der Waals surface area contributed by atoms with Crippen molar-refractivity contribution < 1.29 is 36.9 Å². The average molecular weight is 671 g/mol. The van der Waals surface area contributed by atoms with Crippen molar-refractivity contribution in [1.29, 1.82) is 0 Å². The lowest BCUT2D eigenvalue weighted by Crippen LogP contribution is -2.57. The highest BCUT2D eigenvalue weighted by Crippen LogP contribution is 2.43. The Balaban J connectivity index is 1.50. The van der Waals surface area contributed by atoms with Crippen molar-refractivity contribution in [2.45, 2.75) is 64.6 Å². The first-order valence-electron chi connectivity index (χ1n) is 15.5. The van der Waals surface area contributed by atoms with Gasteiger partial charge in [0.25, 0.3) is 0 Å². The van der Waals surface area contributed by atoms with Crippen LogP contribution in [0, 0.1) is 17.5 Å². The van der Waals surface area contributed by atoms with Crippen LogP contribution in [0.2, 0.25) is 0 Å². The van der Waals surface area contributed by atoms with E-state index in [1.807, 2.05) is 25.7 Å². The number of nitrogens with zero attached hydrogens (tertiary/aromatic N) is 4. The number of carbonyl (C=O) groups excluding carboxylic acids is 1. The summed E-state index contributed by atoms with van der Waals surface area (Å²) in [6, 6.07) is 6.74. The van der Waals surface area contributed by atoms with Crippen LogP contribution in [0.15, 0.2) is 30.3 Å². The van der Waals surface area contributed by atoms with Gasteiger partial charge in [-0.1, -0.05) is 13.0 Å². The van der Waals surface area contributed by atoms with E-state index in [2.05, 4.69) is 22.6 Å². The molecule has 2 fully saturated rings. The number of anilines is 1. The Bertz CT molecular complexity index is 1840. The molecule has 2 bridgehead atoms. The summed E-state index contributed by atoms with van der Waals surface area (Å²) in [6.07, 6.45) is 1.40. The number of methoxy groups -OCH3 is 1. The number of aryl methyl sites for hydroxylation is 1. The number of thiol groups is 1. The smallest absolute Gasteiger partial charge is 0.410 e. The van der Waals surface area contributed by atoms with Crippen molar-refractivity contribution in [2.75, 3.05) is 37.8 Å². The van der Waals surface area contributed by atoms with Gasteiger partial charge in [0.15, 0.2) is 12.6 Å². The van der Waals surface area contributed by atoms with Gasteiger partial charge in [0.1, 0.15) is 40.3 Å². The largest absolute Gasteiger partial charge is 0.468 e. The van der Waals surface area contributed by atoms with E-state index in [1.54, 1.807) is 24.0 Å². The first kappa shape index (κ1) is 33.0.